The highest BCUT2D eigenvalue weighted by molar-refractivity contribution is 9.10. The molecule has 1 aromatic carbocycles. The SMILES string of the molecule is CC(NC(=O)COC(=O)Cn1cc(C(F)(F)F)ccc1=O)c1ccc(Br)cc1. The van der Waals surface area contributed by atoms with Gasteiger partial charge in [-0.15, -0.1) is 0 Å². The van der Waals surface area contributed by atoms with Crippen LogP contribution in [0.4, 0.5) is 13.2 Å². The molecule has 0 aliphatic rings. The Balaban J connectivity index is 1.89. The van der Waals surface area contributed by atoms with Gasteiger partial charge in [0.1, 0.15) is 6.54 Å². The fraction of sp³-hybridized carbons (Fsp3) is 0.278. The molecule has 0 aliphatic heterocycles. The maximum absolute atomic E-state index is 12.7. The molecule has 1 atom stereocenters. The number of hydrogen-bond donors (Lipinski definition) is 1. The number of halogens is 4. The Hall–Kier alpha value is -2.62. The molecule has 1 aromatic heterocycles. The molecule has 2 rings (SSSR count). The molecule has 1 unspecified atom stereocenters. The molecular formula is C18H16BrF3N2O4. The first-order valence-electron chi connectivity index (χ1n) is 8.04. The van der Waals surface area contributed by atoms with Crippen molar-refractivity contribution >= 4 is 27.8 Å². The van der Waals surface area contributed by atoms with Crippen LogP contribution >= 0.6 is 15.9 Å². The van der Waals surface area contributed by atoms with Gasteiger partial charge in [-0.05, 0) is 30.7 Å². The van der Waals surface area contributed by atoms with Gasteiger partial charge in [0.25, 0.3) is 11.5 Å². The van der Waals surface area contributed by atoms with Crippen molar-refractivity contribution in [3.05, 3.63) is 68.5 Å². The van der Waals surface area contributed by atoms with E-state index in [1.54, 1.807) is 19.1 Å². The minimum absolute atomic E-state index is 0.342. The summed E-state index contributed by atoms with van der Waals surface area (Å²) in [6, 6.07) is 8.23. The molecule has 28 heavy (non-hydrogen) atoms. The van der Waals surface area contributed by atoms with Crippen LogP contribution in [0.2, 0.25) is 0 Å². The van der Waals surface area contributed by atoms with Gasteiger partial charge in [-0.25, -0.2) is 0 Å². The first kappa shape index (κ1) is 21.7. The quantitative estimate of drug-likeness (QED) is 0.672. The molecule has 6 nitrogen and oxygen atoms in total. The number of nitrogens with one attached hydrogen (secondary N) is 1. The number of aromatic nitrogens is 1. The van der Waals surface area contributed by atoms with Gasteiger partial charge in [-0.2, -0.15) is 13.2 Å². The number of hydrogen-bond acceptors (Lipinski definition) is 4. The minimum atomic E-state index is -4.65. The van der Waals surface area contributed by atoms with Crippen molar-refractivity contribution in [2.45, 2.75) is 25.7 Å². The lowest BCUT2D eigenvalue weighted by Gasteiger charge is -2.15. The number of esters is 1. The molecule has 0 aliphatic carbocycles. The zero-order chi connectivity index (χ0) is 20.9. The molecule has 10 heteroatoms. The zero-order valence-electron chi connectivity index (χ0n) is 14.6. The molecule has 0 fully saturated rings. The second-order valence-corrected chi connectivity index (χ2v) is 6.80. The van der Waals surface area contributed by atoms with Crippen molar-refractivity contribution in [3.63, 3.8) is 0 Å². The lowest BCUT2D eigenvalue weighted by atomic mass is 10.1. The summed E-state index contributed by atoms with van der Waals surface area (Å²) in [5, 5.41) is 2.63. The van der Waals surface area contributed by atoms with Crippen LogP contribution in [0.3, 0.4) is 0 Å². The molecule has 150 valence electrons. The van der Waals surface area contributed by atoms with Gasteiger partial charge in [-0.1, -0.05) is 28.1 Å². The summed E-state index contributed by atoms with van der Waals surface area (Å²) >= 11 is 3.30. The normalized spacial score (nSPS) is 12.3. The number of pyridine rings is 1. The van der Waals surface area contributed by atoms with Crippen LogP contribution in [0.1, 0.15) is 24.1 Å². The van der Waals surface area contributed by atoms with E-state index in [0.717, 1.165) is 10.0 Å². The number of rotatable bonds is 6. The fourth-order valence-electron chi connectivity index (χ4n) is 2.27. The van der Waals surface area contributed by atoms with E-state index in [1.165, 1.54) is 0 Å². The summed E-state index contributed by atoms with van der Waals surface area (Å²) in [6.45, 7) is 0.386. The van der Waals surface area contributed by atoms with Crippen LogP contribution in [-0.4, -0.2) is 23.1 Å². The number of ether oxygens (including phenoxy) is 1. The third-order valence-electron chi connectivity index (χ3n) is 3.72. The molecule has 1 heterocycles. The lowest BCUT2D eigenvalue weighted by Crippen LogP contribution is -2.32. The third-order valence-corrected chi connectivity index (χ3v) is 4.25. The van der Waals surface area contributed by atoms with E-state index in [1.807, 2.05) is 12.1 Å². The molecule has 0 saturated carbocycles. The Kier molecular flexibility index (Phi) is 7.00. The Labute approximate surface area is 166 Å². The van der Waals surface area contributed by atoms with Gasteiger partial charge in [0.05, 0.1) is 11.6 Å². The number of amides is 1. The Morgan fingerprint density at radius 1 is 1.18 bits per heavy atom. The van der Waals surface area contributed by atoms with E-state index in [9.17, 15) is 27.6 Å². The summed E-state index contributed by atoms with van der Waals surface area (Å²) < 4.78 is 44.3. The van der Waals surface area contributed by atoms with Gasteiger partial charge < -0.3 is 14.6 Å². The van der Waals surface area contributed by atoms with Crippen LogP contribution in [0.5, 0.6) is 0 Å². The molecule has 1 N–H and O–H groups in total. The molecule has 2 aromatic rings. The Morgan fingerprint density at radius 3 is 2.43 bits per heavy atom. The monoisotopic (exact) mass is 460 g/mol. The van der Waals surface area contributed by atoms with Gasteiger partial charge in [0.15, 0.2) is 6.61 Å². The Morgan fingerprint density at radius 2 is 1.82 bits per heavy atom. The van der Waals surface area contributed by atoms with E-state index in [0.29, 0.717) is 22.9 Å². The van der Waals surface area contributed by atoms with Gasteiger partial charge in [0.2, 0.25) is 0 Å². The first-order chi connectivity index (χ1) is 13.1. The van der Waals surface area contributed by atoms with Crippen LogP contribution < -0.4 is 10.9 Å². The van der Waals surface area contributed by atoms with E-state index >= 15 is 0 Å². The Bertz CT molecular complexity index is 910. The zero-order valence-corrected chi connectivity index (χ0v) is 16.2. The van der Waals surface area contributed by atoms with Crippen LogP contribution in [0.25, 0.3) is 0 Å². The number of carbonyl (C=O) groups is 2. The van der Waals surface area contributed by atoms with Crippen LogP contribution in [0, 0.1) is 0 Å². The minimum Gasteiger partial charge on any atom is -0.454 e. The highest BCUT2D eigenvalue weighted by Gasteiger charge is 2.31. The van der Waals surface area contributed by atoms with Crippen molar-refractivity contribution in [1.82, 2.24) is 9.88 Å². The summed E-state index contributed by atoms with van der Waals surface area (Å²) in [7, 11) is 0. The summed E-state index contributed by atoms with van der Waals surface area (Å²) in [5.74, 6) is -1.59. The summed E-state index contributed by atoms with van der Waals surface area (Å²) in [5.41, 5.74) is -1.03. The van der Waals surface area contributed by atoms with E-state index in [-0.39, 0.29) is 6.04 Å². The first-order valence-corrected chi connectivity index (χ1v) is 8.83. The highest BCUT2D eigenvalue weighted by Crippen LogP contribution is 2.28. The van der Waals surface area contributed by atoms with Gasteiger partial charge >= 0.3 is 12.1 Å². The molecule has 0 spiro atoms. The van der Waals surface area contributed by atoms with Crippen molar-refractivity contribution in [3.8, 4) is 0 Å². The maximum atomic E-state index is 12.7. The van der Waals surface area contributed by atoms with Crippen molar-refractivity contribution in [2.24, 2.45) is 0 Å². The molecule has 0 bridgehead atoms. The summed E-state index contributed by atoms with van der Waals surface area (Å²) in [6.07, 6.45) is -4.12. The van der Waals surface area contributed by atoms with E-state index in [2.05, 4.69) is 21.2 Å². The average molecular weight is 461 g/mol. The smallest absolute Gasteiger partial charge is 0.417 e. The molecule has 1 amide bonds. The predicted molar refractivity (Wildman–Crippen MR) is 97.4 cm³/mol. The molecule has 0 saturated heterocycles. The third kappa shape index (κ3) is 6.22. The van der Waals surface area contributed by atoms with Crippen molar-refractivity contribution < 1.29 is 27.5 Å². The second-order valence-electron chi connectivity index (χ2n) is 5.88. The number of nitrogens with zero attached hydrogens (tertiary/aromatic N) is 1. The number of carbonyl (C=O) groups excluding carboxylic acids is 2. The summed E-state index contributed by atoms with van der Waals surface area (Å²) in [4.78, 5) is 35.3. The second kappa shape index (κ2) is 9.05. The number of alkyl halides is 3. The lowest BCUT2D eigenvalue weighted by molar-refractivity contribution is -0.149. The van der Waals surface area contributed by atoms with Crippen LogP contribution in [-0.2, 0) is 27.0 Å². The average Bonchev–Trinajstić information content (AvgIpc) is 2.61. The largest absolute Gasteiger partial charge is 0.454 e. The van der Waals surface area contributed by atoms with E-state index < -0.39 is 42.3 Å². The van der Waals surface area contributed by atoms with Crippen molar-refractivity contribution in [1.29, 1.82) is 0 Å². The van der Waals surface area contributed by atoms with Gasteiger partial charge in [0, 0.05) is 16.7 Å². The highest BCUT2D eigenvalue weighted by atomic mass is 79.9. The molecular weight excluding hydrogens is 445 g/mol. The molecule has 0 radical (unpaired) electrons. The predicted octanol–water partition coefficient (Wildman–Crippen LogP) is 3.05. The number of benzene rings is 1. The van der Waals surface area contributed by atoms with Crippen molar-refractivity contribution in [2.75, 3.05) is 6.61 Å². The van der Waals surface area contributed by atoms with E-state index in [4.69, 9.17) is 4.74 Å². The maximum Gasteiger partial charge on any atom is 0.417 e. The fourth-order valence-corrected chi connectivity index (χ4v) is 2.54. The topological polar surface area (TPSA) is 77.4 Å². The van der Waals surface area contributed by atoms with Gasteiger partial charge in [-0.3, -0.25) is 14.4 Å². The van der Waals surface area contributed by atoms with Crippen LogP contribution in [0.15, 0.2) is 51.9 Å². The standard InChI is InChI=1S/C18H16BrF3N2O4/c1-11(12-2-5-14(19)6-3-12)23-15(25)10-28-17(27)9-24-8-13(18(20,21)22)4-7-16(24)26/h2-8,11H,9-10H2,1H3,(H,23,25).